The Balaban J connectivity index is 1.96. The fraction of sp³-hybridized carbons (Fsp3) is 0.727. The molecule has 0 spiro atoms. The average Bonchev–Trinajstić information content (AvgIpc) is 2.58. The summed E-state index contributed by atoms with van der Waals surface area (Å²) in [7, 11) is -3.47. The van der Waals surface area contributed by atoms with E-state index in [1.807, 2.05) is 19.1 Å². The lowest BCUT2D eigenvalue weighted by atomic mass is 10.1. The molecule has 0 aliphatic carbocycles. The summed E-state index contributed by atoms with van der Waals surface area (Å²) in [5.41, 5.74) is 0.999. The quantitative estimate of drug-likeness (QED) is 0.233. The second-order valence-corrected chi connectivity index (χ2v) is 9.09. The van der Waals surface area contributed by atoms with Crippen LogP contribution in [0.15, 0.2) is 24.3 Å². The fourth-order valence-electron chi connectivity index (χ4n) is 3.15. The third-order valence-electron chi connectivity index (χ3n) is 4.71. The predicted molar refractivity (Wildman–Crippen MR) is 111 cm³/mol. The molecule has 0 bridgehead atoms. The third-order valence-corrected chi connectivity index (χ3v) is 5.95. The molecule has 0 N–H and O–H groups in total. The van der Waals surface area contributed by atoms with E-state index in [0.717, 1.165) is 18.4 Å². The summed E-state index contributed by atoms with van der Waals surface area (Å²) in [5.74, 6) is 0.526. The molecule has 1 aromatic carbocycles. The van der Waals surface area contributed by atoms with Crippen LogP contribution < -0.4 is 4.18 Å². The van der Waals surface area contributed by atoms with Crippen molar-refractivity contribution < 1.29 is 12.6 Å². The van der Waals surface area contributed by atoms with Gasteiger partial charge in [-0.1, -0.05) is 96.1 Å². The van der Waals surface area contributed by atoms with E-state index in [1.54, 1.807) is 12.1 Å². The van der Waals surface area contributed by atoms with Crippen molar-refractivity contribution in [1.29, 1.82) is 0 Å². The summed E-state index contributed by atoms with van der Waals surface area (Å²) in [6.07, 6.45) is 16.2. The molecular formula is C22H38O3S. The van der Waals surface area contributed by atoms with E-state index in [0.29, 0.717) is 12.2 Å². The number of hydrogen-bond donors (Lipinski definition) is 0. The van der Waals surface area contributed by atoms with Crippen molar-refractivity contribution in [1.82, 2.24) is 0 Å². The van der Waals surface area contributed by atoms with Gasteiger partial charge in [0.25, 0.3) is 0 Å². The van der Waals surface area contributed by atoms with Crippen molar-refractivity contribution in [3.05, 3.63) is 29.8 Å². The van der Waals surface area contributed by atoms with Crippen LogP contribution in [0.25, 0.3) is 0 Å². The van der Waals surface area contributed by atoms with Crippen LogP contribution >= 0.6 is 0 Å². The summed E-state index contributed by atoms with van der Waals surface area (Å²) in [4.78, 5) is 0. The molecule has 1 rings (SSSR count). The van der Waals surface area contributed by atoms with Crippen molar-refractivity contribution in [3.63, 3.8) is 0 Å². The Morgan fingerprint density at radius 1 is 0.769 bits per heavy atom. The van der Waals surface area contributed by atoms with Crippen molar-refractivity contribution in [2.45, 2.75) is 97.3 Å². The lowest BCUT2D eigenvalue weighted by Gasteiger charge is -2.07. The van der Waals surface area contributed by atoms with Gasteiger partial charge in [0, 0.05) is 0 Å². The van der Waals surface area contributed by atoms with Crippen LogP contribution in [0, 0.1) is 6.92 Å². The van der Waals surface area contributed by atoms with E-state index in [4.69, 9.17) is 4.18 Å². The van der Waals surface area contributed by atoms with E-state index in [1.165, 1.54) is 64.2 Å². The summed E-state index contributed by atoms with van der Waals surface area (Å²) in [6.45, 7) is 4.18. The van der Waals surface area contributed by atoms with Crippen LogP contribution in [-0.2, 0) is 10.1 Å². The molecule has 0 unspecified atom stereocenters. The van der Waals surface area contributed by atoms with Gasteiger partial charge in [-0.25, -0.2) is 0 Å². The smallest absolute Gasteiger partial charge is 0.309 e. The fourth-order valence-corrected chi connectivity index (χ4v) is 4.19. The molecule has 1 aromatic rings. The molecular weight excluding hydrogens is 344 g/mol. The van der Waals surface area contributed by atoms with Gasteiger partial charge in [-0.15, -0.1) is 0 Å². The molecule has 0 atom stereocenters. The van der Waals surface area contributed by atoms with Crippen LogP contribution in [0.3, 0.4) is 0 Å². The lowest BCUT2D eigenvalue weighted by molar-refractivity contribution is 0.481. The summed E-state index contributed by atoms with van der Waals surface area (Å²) >= 11 is 0. The molecule has 150 valence electrons. The lowest BCUT2D eigenvalue weighted by Crippen LogP contribution is -2.13. The second kappa shape index (κ2) is 14.1. The van der Waals surface area contributed by atoms with Crippen molar-refractivity contribution in [2.24, 2.45) is 0 Å². The standard InChI is InChI=1S/C22H38O3S/c1-3-4-5-6-7-8-9-10-11-12-13-14-15-19-26(23,24)25-22-18-16-17-21(2)20-22/h16-18,20H,3-15,19H2,1-2H3. The molecule has 0 aliphatic rings. The molecule has 26 heavy (non-hydrogen) atoms. The van der Waals surface area contributed by atoms with Gasteiger partial charge in [-0.3, -0.25) is 0 Å². The van der Waals surface area contributed by atoms with Gasteiger partial charge in [0.05, 0.1) is 5.75 Å². The first-order chi connectivity index (χ1) is 12.5. The zero-order valence-electron chi connectivity index (χ0n) is 16.8. The van der Waals surface area contributed by atoms with Gasteiger partial charge in [-0.2, -0.15) is 8.42 Å². The minimum Gasteiger partial charge on any atom is -0.382 e. The van der Waals surface area contributed by atoms with Crippen LogP contribution in [0.4, 0.5) is 0 Å². The zero-order valence-corrected chi connectivity index (χ0v) is 17.7. The van der Waals surface area contributed by atoms with Crippen LogP contribution in [-0.4, -0.2) is 14.2 Å². The number of aryl methyl sites for hydroxylation is 1. The molecule has 0 aromatic heterocycles. The van der Waals surface area contributed by atoms with E-state index in [2.05, 4.69) is 6.92 Å². The second-order valence-electron chi connectivity index (χ2n) is 7.40. The normalized spacial score (nSPS) is 11.6. The summed E-state index contributed by atoms with van der Waals surface area (Å²) < 4.78 is 29.1. The molecule has 0 heterocycles. The molecule has 0 radical (unpaired) electrons. The molecule has 0 saturated carbocycles. The number of benzene rings is 1. The Morgan fingerprint density at radius 3 is 1.77 bits per heavy atom. The zero-order chi connectivity index (χ0) is 19.1. The highest BCUT2D eigenvalue weighted by atomic mass is 32.2. The highest BCUT2D eigenvalue weighted by Gasteiger charge is 2.12. The van der Waals surface area contributed by atoms with Gasteiger partial charge < -0.3 is 4.18 Å². The first kappa shape index (κ1) is 23.0. The molecule has 0 aliphatic heterocycles. The van der Waals surface area contributed by atoms with E-state index < -0.39 is 10.1 Å². The van der Waals surface area contributed by atoms with Crippen molar-refractivity contribution >= 4 is 10.1 Å². The van der Waals surface area contributed by atoms with Crippen LogP contribution in [0.1, 0.15) is 96.0 Å². The maximum atomic E-state index is 12.0. The highest BCUT2D eigenvalue weighted by Crippen LogP contribution is 2.16. The Kier molecular flexibility index (Phi) is 12.5. The largest absolute Gasteiger partial charge is 0.382 e. The molecule has 0 saturated heterocycles. The maximum absolute atomic E-state index is 12.0. The van der Waals surface area contributed by atoms with E-state index in [-0.39, 0.29) is 5.75 Å². The van der Waals surface area contributed by atoms with Crippen molar-refractivity contribution in [2.75, 3.05) is 5.75 Å². The predicted octanol–water partition coefficient (Wildman–Crippen LogP) is 6.79. The monoisotopic (exact) mass is 382 g/mol. The van der Waals surface area contributed by atoms with Crippen LogP contribution in [0.2, 0.25) is 0 Å². The minimum atomic E-state index is -3.47. The number of hydrogen-bond acceptors (Lipinski definition) is 3. The number of rotatable bonds is 16. The van der Waals surface area contributed by atoms with E-state index in [9.17, 15) is 8.42 Å². The molecule has 3 nitrogen and oxygen atoms in total. The summed E-state index contributed by atoms with van der Waals surface area (Å²) in [5, 5.41) is 0. The highest BCUT2D eigenvalue weighted by molar-refractivity contribution is 7.87. The Labute approximate surface area is 161 Å². The number of unbranched alkanes of at least 4 members (excludes halogenated alkanes) is 12. The minimum absolute atomic E-state index is 0.110. The van der Waals surface area contributed by atoms with E-state index >= 15 is 0 Å². The van der Waals surface area contributed by atoms with Gasteiger partial charge >= 0.3 is 10.1 Å². The Morgan fingerprint density at radius 2 is 1.27 bits per heavy atom. The van der Waals surface area contributed by atoms with Gasteiger partial charge in [0.15, 0.2) is 0 Å². The third kappa shape index (κ3) is 12.3. The maximum Gasteiger partial charge on any atom is 0.309 e. The van der Waals surface area contributed by atoms with Gasteiger partial charge in [0.2, 0.25) is 0 Å². The topological polar surface area (TPSA) is 43.4 Å². The SMILES string of the molecule is CCCCCCCCCCCCCCCS(=O)(=O)Oc1cccc(C)c1. The summed E-state index contributed by atoms with van der Waals surface area (Å²) in [6, 6.07) is 7.17. The molecule has 4 heteroatoms. The average molecular weight is 383 g/mol. The van der Waals surface area contributed by atoms with Crippen LogP contribution in [0.5, 0.6) is 5.75 Å². The van der Waals surface area contributed by atoms with Gasteiger partial charge in [0.1, 0.15) is 5.75 Å². The molecule has 0 amide bonds. The first-order valence-electron chi connectivity index (χ1n) is 10.5. The van der Waals surface area contributed by atoms with Gasteiger partial charge in [-0.05, 0) is 31.0 Å². The van der Waals surface area contributed by atoms with Crippen molar-refractivity contribution in [3.8, 4) is 5.75 Å². The molecule has 0 fully saturated rings. The Hall–Kier alpha value is -1.03. The first-order valence-corrected chi connectivity index (χ1v) is 12.1. The Bertz CT molecular complexity index is 567.